The Morgan fingerprint density at radius 1 is 1.05 bits per heavy atom. The van der Waals surface area contributed by atoms with Crippen molar-refractivity contribution in [2.24, 2.45) is 5.92 Å². The Balaban J connectivity index is 1.29. The summed E-state index contributed by atoms with van der Waals surface area (Å²) in [7, 11) is -3.99. The third kappa shape index (κ3) is 3.85. The van der Waals surface area contributed by atoms with Gasteiger partial charge in [-0.25, -0.2) is 18.0 Å². The van der Waals surface area contributed by atoms with Gasteiger partial charge in [-0.3, -0.25) is 4.90 Å². The van der Waals surface area contributed by atoms with E-state index < -0.39 is 22.0 Å². The summed E-state index contributed by atoms with van der Waals surface area (Å²) in [5.41, 5.74) is 1.03. The number of rotatable bonds is 3. The van der Waals surface area contributed by atoms with Gasteiger partial charge in [0.05, 0.1) is 23.6 Å². The van der Waals surface area contributed by atoms with Gasteiger partial charge in [0, 0.05) is 43.4 Å². The quantitative estimate of drug-likeness (QED) is 0.594. The summed E-state index contributed by atoms with van der Waals surface area (Å²) in [4.78, 5) is 27.8. The molecule has 2 saturated heterocycles. The maximum Gasteiger partial charge on any atom is 0.427 e. The number of hydrogen-bond donors (Lipinski definition) is 1. The van der Waals surface area contributed by atoms with Gasteiger partial charge in [-0.15, -0.1) is 0 Å². The molecule has 0 spiro atoms. The molecule has 2 amide bonds. The monoisotopic (exact) mass is 544 g/mol. The van der Waals surface area contributed by atoms with Crippen LogP contribution in [0.2, 0.25) is 5.02 Å². The highest BCUT2D eigenvalue weighted by Gasteiger charge is 2.57. The number of piperidine rings is 1. The average Bonchev–Trinajstić information content (AvgIpc) is 2.92. The molecular weight excluding hydrogens is 518 g/mol. The van der Waals surface area contributed by atoms with Crippen LogP contribution in [0, 0.1) is 5.92 Å². The highest BCUT2D eigenvalue weighted by atomic mass is 35.5. The van der Waals surface area contributed by atoms with E-state index in [1.165, 1.54) is 15.3 Å². The van der Waals surface area contributed by atoms with Gasteiger partial charge < -0.3 is 9.84 Å². The zero-order valence-electron chi connectivity index (χ0n) is 20.0. The molecule has 7 rings (SSSR count). The minimum absolute atomic E-state index is 0.00575. The Bertz CT molecular complexity index is 1480. The number of fused-ring (bicyclic) bond motifs is 3. The van der Waals surface area contributed by atoms with E-state index in [9.17, 15) is 23.1 Å². The molecule has 0 aliphatic carbocycles. The molecule has 1 unspecified atom stereocenters. The molecule has 5 aliphatic rings. The molecule has 11 heteroatoms. The Morgan fingerprint density at radius 3 is 2.54 bits per heavy atom. The maximum atomic E-state index is 14.0. The van der Waals surface area contributed by atoms with Crippen molar-refractivity contribution in [2.75, 3.05) is 39.3 Å². The summed E-state index contributed by atoms with van der Waals surface area (Å²) in [5.74, 6) is -0.245. The number of allylic oxidation sites excluding steroid dienone is 2. The van der Waals surface area contributed by atoms with E-state index in [0.717, 1.165) is 23.8 Å². The second-order valence-corrected chi connectivity index (χ2v) is 12.4. The Labute approximate surface area is 219 Å². The molecule has 2 aromatic carbocycles. The molecule has 2 bridgehead atoms. The number of hydrogen-bond acceptors (Lipinski definition) is 5. The van der Waals surface area contributed by atoms with Gasteiger partial charge in [-0.05, 0) is 47.2 Å². The lowest BCUT2D eigenvalue weighted by Gasteiger charge is -2.50. The van der Waals surface area contributed by atoms with Crippen LogP contribution in [0.25, 0.3) is 10.8 Å². The molecule has 1 atom stereocenters. The lowest BCUT2D eigenvalue weighted by Crippen LogP contribution is -2.69. The SMILES string of the molecule is O=C(O)C1CN(S(=O)(=O)c2ccc3cc(Cl)ccc3c2)CCN1C(=O)[N+]12CCC(CC1)C1=C2OCC=C1. The first kappa shape index (κ1) is 24.4. The molecule has 0 saturated carbocycles. The van der Waals surface area contributed by atoms with E-state index in [2.05, 4.69) is 0 Å². The fourth-order valence-electron chi connectivity index (χ4n) is 6.11. The fourth-order valence-corrected chi connectivity index (χ4v) is 7.76. The van der Waals surface area contributed by atoms with Crippen LogP contribution in [0.4, 0.5) is 4.79 Å². The van der Waals surface area contributed by atoms with E-state index in [0.29, 0.717) is 41.9 Å². The molecule has 2 fully saturated rings. The molecule has 9 nitrogen and oxygen atoms in total. The Hall–Kier alpha value is -2.92. The summed E-state index contributed by atoms with van der Waals surface area (Å²) >= 11 is 6.04. The number of ether oxygens (including phenoxy) is 1. The normalized spacial score (nSPS) is 27.8. The number of sulfonamides is 1. The fraction of sp³-hybridized carbons (Fsp3) is 0.385. The molecule has 0 aromatic heterocycles. The zero-order valence-corrected chi connectivity index (χ0v) is 21.6. The van der Waals surface area contributed by atoms with Crippen molar-refractivity contribution in [3.05, 3.63) is 65.0 Å². The average molecular weight is 545 g/mol. The first-order chi connectivity index (χ1) is 17.7. The third-order valence-electron chi connectivity index (χ3n) is 8.06. The largest absolute Gasteiger partial charge is 0.480 e. The van der Waals surface area contributed by atoms with Crippen LogP contribution in [-0.4, -0.2) is 84.6 Å². The van der Waals surface area contributed by atoms with Crippen molar-refractivity contribution in [1.29, 1.82) is 0 Å². The number of amides is 2. The summed E-state index contributed by atoms with van der Waals surface area (Å²) in [6.07, 6.45) is 5.63. The smallest absolute Gasteiger partial charge is 0.427 e. The van der Waals surface area contributed by atoms with Crippen LogP contribution < -0.4 is 0 Å². The number of quaternary nitrogens is 1. The molecule has 5 aliphatic heterocycles. The molecule has 5 heterocycles. The van der Waals surface area contributed by atoms with Crippen molar-refractivity contribution in [1.82, 2.24) is 9.21 Å². The Morgan fingerprint density at radius 2 is 1.78 bits per heavy atom. The number of carbonyl (C=O) groups is 2. The van der Waals surface area contributed by atoms with Gasteiger partial charge in [-0.2, -0.15) is 8.79 Å². The molecule has 194 valence electrons. The van der Waals surface area contributed by atoms with Gasteiger partial charge in [0.15, 0.2) is 0 Å². The number of aliphatic carboxylic acids is 1. The summed E-state index contributed by atoms with van der Waals surface area (Å²) in [5, 5.41) is 12.2. The van der Waals surface area contributed by atoms with Crippen LogP contribution in [0.3, 0.4) is 0 Å². The van der Waals surface area contributed by atoms with Crippen molar-refractivity contribution in [3.8, 4) is 0 Å². The molecule has 37 heavy (non-hydrogen) atoms. The van der Waals surface area contributed by atoms with E-state index in [1.807, 2.05) is 12.2 Å². The number of urea groups is 1. The van der Waals surface area contributed by atoms with Crippen LogP contribution in [-0.2, 0) is 19.6 Å². The maximum absolute atomic E-state index is 14.0. The van der Waals surface area contributed by atoms with Crippen LogP contribution in [0.5, 0.6) is 0 Å². The van der Waals surface area contributed by atoms with Crippen molar-refractivity contribution < 1.29 is 32.3 Å². The van der Waals surface area contributed by atoms with E-state index in [-0.39, 0.29) is 35.0 Å². The second kappa shape index (κ2) is 8.83. The molecule has 2 aromatic rings. The molecule has 1 N–H and O–H groups in total. The van der Waals surface area contributed by atoms with E-state index >= 15 is 0 Å². The van der Waals surface area contributed by atoms with Gasteiger partial charge in [0.2, 0.25) is 10.0 Å². The first-order valence-corrected chi connectivity index (χ1v) is 14.2. The van der Waals surface area contributed by atoms with Gasteiger partial charge in [0.1, 0.15) is 12.6 Å². The molecular formula is C26H27ClN3O6S+. The van der Waals surface area contributed by atoms with E-state index in [4.69, 9.17) is 16.3 Å². The number of carboxylic acids is 1. The summed E-state index contributed by atoms with van der Waals surface area (Å²) in [6, 6.07) is 8.30. The van der Waals surface area contributed by atoms with Crippen molar-refractivity contribution in [2.45, 2.75) is 23.8 Å². The first-order valence-electron chi connectivity index (χ1n) is 12.4. The predicted octanol–water partition coefficient (Wildman–Crippen LogP) is 3.41. The Kier molecular flexibility index (Phi) is 5.83. The minimum atomic E-state index is -3.99. The zero-order chi connectivity index (χ0) is 25.9. The van der Waals surface area contributed by atoms with Crippen molar-refractivity contribution >= 4 is 44.4 Å². The lowest BCUT2D eigenvalue weighted by atomic mass is 9.82. The molecule has 0 radical (unpaired) electrons. The predicted molar refractivity (Wildman–Crippen MR) is 136 cm³/mol. The van der Waals surface area contributed by atoms with Gasteiger partial charge >= 0.3 is 17.9 Å². The topological polar surface area (TPSA) is 104 Å². The number of carbonyl (C=O) groups excluding carboxylic acids is 1. The highest BCUT2D eigenvalue weighted by Crippen LogP contribution is 2.45. The number of nitrogens with zero attached hydrogens (tertiary/aromatic N) is 3. The third-order valence-corrected chi connectivity index (χ3v) is 10.2. The summed E-state index contributed by atoms with van der Waals surface area (Å²) < 4.78 is 34.1. The van der Waals surface area contributed by atoms with Gasteiger partial charge in [-0.1, -0.05) is 23.7 Å². The van der Waals surface area contributed by atoms with Crippen molar-refractivity contribution in [3.63, 3.8) is 0 Å². The summed E-state index contributed by atoms with van der Waals surface area (Å²) in [6.45, 7) is 1.17. The number of carboxylic acid groups (broad SMARTS) is 1. The minimum Gasteiger partial charge on any atom is -0.480 e. The van der Waals surface area contributed by atoms with Crippen LogP contribution >= 0.6 is 11.6 Å². The number of halogens is 1. The van der Waals surface area contributed by atoms with Crippen LogP contribution in [0.15, 0.2) is 64.9 Å². The number of benzene rings is 2. The lowest BCUT2D eigenvalue weighted by molar-refractivity contribution is -0.844. The van der Waals surface area contributed by atoms with Crippen LogP contribution in [0.1, 0.15) is 12.8 Å². The van der Waals surface area contributed by atoms with E-state index in [1.54, 1.807) is 30.3 Å². The second-order valence-electron chi connectivity index (χ2n) is 10.0. The highest BCUT2D eigenvalue weighted by molar-refractivity contribution is 7.89. The van der Waals surface area contributed by atoms with Gasteiger partial charge in [0.25, 0.3) is 0 Å². The number of piperazine rings is 1. The standard InChI is InChI=1S/C26H26ClN3O6S/c27-20-5-3-19-15-21(6-4-18(19)14-20)37(34,35)28-9-10-29(23(16-28)25(31)32)26(33)30-11-7-17(8-12-30)22-2-1-13-36-24(22)30/h1-6,14-15,17,23H,7-13,16H2/p+1.